The minimum Gasteiger partial charge on any atom is -0.508 e. The number of carbonyl (C=O) groups is 3. The lowest BCUT2D eigenvalue weighted by Gasteiger charge is -2.25. The summed E-state index contributed by atoms with van der Waals surface area (Å²) in [7, 11) is 1.32. The first-order valence-electron chi connectivity index (χ1n) is 11.4. The van der Waals surface area contributed by atoms with E-state index >= 15 is 0 Å². The van der Waals surface area contributed by atoms with Crippen LogP contribution in [0.15, 0.2) is 71.8 Å². The number of phenolic OH excluding ortho intramolecular Hbond substituents is 1. The van der Waals surface area contributed by atoms with Gasteiger partial charge in [0, 0.05) is 35.6 Å². The van der Waals surface area contributed by atoms with E-state index in [1.165, 1.54) is 19.2 Å². The molecule has 1 aromatic heterocycles. The van der Waals surface area contributed by atoms with E-state index in [1.54, 1.807) is 30.5 Å². The molecule has 186 valence electrons. The Morgan fingerprint density at radius 3 is 2.51 bits per heavy atom. The average Bonchev–Trinajstić information content (AvgIpc) is 3.17. The summed E-state index contributed by atoms with van der Waals surface area (Å²) < 4.78 is 0. The number of nitrogens with one attached hydrogen (secondary N) is 3. The lowest BCUT2D eigenvalue weighted by atomic mass is 10.0. The smallest absolute Gasteiger partial charge is 0.407 e. The number of hydrogen-bond donors (Lipinski definition) is 5. The summed E-state index contributed by atoms with van der Waals surface area (Å²) in [5.74, 6) is -0.931. The van der Waals surface area contributed by atoms with Crippen molar-refractivity contribution < 1.29 is 24.6 Å². The molecule has 5 rings (SSSR count). The van der Waals surface area contributed by atoms with Crippen molar-refractivity contribution in [3.05, 3.63) is 83.4 Å². The van der Waals surface area contributed by atoms with Gasteiger partial charge < -0.3 is 20.5 Å². The quantitative estimate of drug-likeness (QED) is 0.275. The number of aromatic amines is 1. The molecule has 0 aliphatic carbocycles. The van der Waals surface area contributed by atoms with Gasteiger partial charge in [-0.15, -0.1) is 0 Å². The average molecular weight is 498 g/mol. The SMILES string of the molecule is CN(C(=O)O)[C@H](Cc1ccc(O)cc1)C(=O)Nc1cc2c3c(c(-c4ccccc4)[nH]c3c1)C=NNC2=O. The molecule has 0 bridgehead atoms. The Bertz CT molecular complexity index is 1540. The number of anilines is 1. The number of rotatable bonds is 6. The van der Waals surface area contributed by atoms with Gasteiger partial charge in [0.05, 0.1) is 17.5 Å². The monoisotopic (exact) mass is 497 g/mol. The molecule has 5 N–H and O–H groups in total. The second-order valence-corrected chi connectivity index (χ2v) is 8.69. The minimum atomic E-state index is -1.26. The summed E-state index contributed by atoms with van der Waals surface area (Å²) in [4.78, 5) is 42.1. The topological polar surface area (TPSA) is 147 Å². The molecule has 3 aromatic carbocycles. The predicted molar refractivity (Wildman–Crippen MR) is 139 cm³/mol. The Hall–Kier alpha value is -5.12. The standard InChI is InChI=1S/C27H23N5O5/c1-32(27(36)37)22(11-15-7-9-18(33)10-8-15)26(35)29-17-12-19-23-20(14-28-31-25(19)34)24(30-21(23)13-17)16-5-3-2-4-6-16/h2-10,12-14,22,30,33H,11H2,1H3,(H,29,35)(H,31,34)(H,36,37)/t22-/m1/s1. The van der Waals surface area contributed by atoms with Crippen LogP contribution in [0.5, 0.6) is 5.75 Å². The molecule has 1 aliphatic heterocycles. The third kappa shape index (κ3) is 4.59. The fraction of sp³-hybridized carbons (Fsp3) is 0.111. The third-order valence-corrected chi connectivity index (χ3v) is 6.31. The molecule has 0 fully saturated rings. The summed E-state index contributed by atoms with van der Waals surface area (Å²) in [6.07, 6.45) is 0.408. The van der Waals surface area contributed by atoms with Gasteiger partial charge in [0.1, 0.15) is 11.8 Å². The number of amides is 3. The van der Waals surface area contributed by atoms with E-state index in [4.69, 9.17) is 0 Å². The van der Waals surface area contributed by atoms with Crippen LogP contribution in [0.1, 0.15) is 21.5 Å². The number of H-pyrrole nitrogens is 1. The number of hydrogen-bond acceptors (Lipinski definition) is 5. The van der Waals surface area contributed by atoms with Crippen LogP contribution < -0.4 is 10.7 Å². The number of carbonyl (C=O) groups excluding carboxylic acids is 2. The number of phenols is 1. The zero-order chi connectivity index (χ0) is 26.1. The van der Waals surface area contributed by atoms with Crippen LogP contribution in [0.4, 0.5) is 10.5 Å². The van der Waals surface area contributed by atoms with Crippen LogP contribution in [0.3, 0.4) is 0 Å². The van der Waals surface area contributed by atoms with Crippen molar-refractivity contribution in [1.29, 1.82) is 0 Å². The van der Waals surface area contributed by atoms with Crippen molar-refractivity contribution in [2.45, 2.75) is 12.5 Å². The summed E-state index contributed by atoms with van der Waals surface area (Å²) in [5.41, 5.74) is 6.84. The lowest BCUT2D eigenvalue weighted by Crippen LogP contribution is -2.45. The van der Waals surface area contributed by atoms with E-state index in [2.05, 4.69) is 20.8 Å². The number of carboxylic acid groups (broad SMARTS) is 1. The highest BCUT2D eigenvalue weighted by Crippen LogP contribution is 2.34. The molecular formula is C27H23N5O5. The molecule has 3 amide bonds. The molecule has 0 saturated carbocycles. The Kier molecular flexibility index (Phi) is 6.06. The molecule has 0 radical (unpaired) electrons. The first-order valence-corrected chi connectivity index (χ1v) is 11.4. The van der Waals surface area contributed by atoms with Crippen LogP contribution in [0.25, 0.3) is 22.2 Å². The van der Waals surface area contributed by atoms with Crippen molar-refractivity contribution in [1.82, 2.24) is 15.3 Å². The summed E-state index contributed by atoms with van der Waals surface area (Å²) in [5, 5.41) is 26.6. The largest absolute Gasteiger partial charge is 0.508 e. The van der Waals surface area contributed by atoms with Crippen molar-refractivity contribution in [2.75, 3.05) is 12.4 Å². The van der Waals surface area contributed by atoms with E-state index in [1.807, 2.05) is 30.3 Å². The normalized spacial score (nSPS) is 13.1. The molecule has 0 spiro atoms. The Morgan fingerprint density at radius 1 is 1.08 bits per heavy atom. The van der Waals surface area contributed by atoms with Gasteiger partial charge in [-0.05, 0) is 35.4 Å². The number of hydrazone groups is 1. The van der Waals surface area contributed by atoms with E-state index in [9.17, 15) is 24.6 Å². The molecule has 1 atom stereocenters. The summed E-state index contributed by atoms with van der Waals surface area (Å²) in [6.45, 7) is 0. The van der Waals surface area contributed by atoms with Crippen molar-refractivity contribution in [3.8, 4) is 17.0 Å². The maximum Gasteiger partial charge on any atom is 0.407 e. The first-order chi connectivity index (χ1) is 17.8. The van der Waals surface area contributed by atoms with Crippen LogP contribution >= 0.6 is 0 Å². The van der Waals surface area contributed by atoms with Gasteiger partial charge in [0.2, 0.25) is 5.91 Å². The highest BCUT2D eigenvalue weighted by molar-refractivity contribution is 6.18. The van der Waals surface area contributed by atoms with Crippen molar-refractivity contribution >= 4 is 40.7 Å². The van der Waals surface area contributed by atoms with Gasteiger partial charge >= 0.3 is 6.09 Å². The van der Waals surface area contributed by atoms with Crippen LogP contribution in [-0.4, -0.2) is 57.3 Å². The van der Waals surface area contributed by atoms with Crippen LogP contribution in [0.2, 0.25) is 0 Å². The fourth-order valence-corrected chi connectivity index (χ4v) is 4.41. The zero-order valence-corrected chi connectivity index (χ0v) is 19.7. The number of benzene rings is 3. The molecular weight excluding hydrogens is 474 g/mol. The minimum absolute atomic E-state index is 0.0666. The maximum absolute atomic E-state index is 13.3. The number of likely N-dealkylation sites (N-methyl/N-ethyl adjacent to an activating group) is 1. The second-order valence-electron chi connectivity index (χ2n) is 8.69. The van der Waals surface area contributed by atoms with Gasteiger partial charge in [-0.25, -0.2) is 10.2 Å². The number of nitrogens with zero attached hydrogens (tertiary/aromatic N) is 2. The Balaban J connectivity index is 1.53. The van der Waals surface area contributed by atoms with Crippen LogP contribution in [0, 0.1) is 0 Å². The molecule has 10 nitrogen and oxygen atoms in total. The van der Waals surface area contributed by atoms with E-state index in [0.29, 0.717) is 27.7 Å². The van der Waals surface area contributed by atoms with Gasteiger partial charge in [0.15, 0.2) is 0 Å². The highest BCUT2D eigenvalue weighted by Gasteiger charge is 2.28. The first kappa shape index (κ1) is 23.6. The summed E-state index contributed by atoms with van der Waals surface area (Å²) in [6, 6.07) is 18.0. The zero-order valence-electron chi connectivity index (χ0n) is 19.7. The van der Waals surface area contributed by atoms with Crippen LogP contribution in [-0.2, 0) is 11.2 Å². The molecule has 1 aliphatic rings. The van der Waals surface area contributed by atoms with Crippen molar-refractivity contribution in [3.63, 3.8) is 0 Å². The van der Waals surface area contributed by atoms with Gasteiger partial charge in [0.25, 0.3) is 5.91 Å². The number of aromatic hydroxyl groups is 1. The predicted octanol–water partition coefficient (Wildman–Crippen LogP) is 3.78. The van der Waals surface area contributed by atoms with Gasteiger partial charge in [-0.1, -0.05) is 42.5 Å². The molecule has 0 unspecified atom stereocenters. The molecule has 37 heavy (non-hydrogen) atoms. The van der Waals surface area contributed by atoms with E-state index in [-0.39, 0.29) is 12.2 Å². The van der Waals surface area contributed by atoms with Gasteiger partial charge in [-0.3, -0.25) is 14.5 Å². The Labute approximate surface area is 211 Å². The molecule has 2 heterocycles. The lowest BCUT2D eigenvalue weighted by molar-refractivity contribution is -0.120. The fourth-order valence-electron chi connectivity index (χ4n) is 4.41. The summed E-state index contributed by atoms with van der Waals surface area (Å²) >= 11 is 0. The number of aromatic nitrogens is 1. The van der Waals surface area contributed by atoms with E-state index < -0.39 is 23.9 Å². The Morgan fingerprint density at radius 2 is 1.81 bits per heavy atom. The van der Waals surface area contributed by atoms with E-state index in [0.717, 1.165) is 21.7 Å². The second kappa shape index (κ2) is 9.50. The third-order valence-electron chi connectivity index (χ3n) is 6.31. The maximum atomic E-state index is 13.3. The highest BCUT2D eigenvalue weighted by atomic mass is 16.4. The van der Waals surface area contributed by atoms with Gasteiger partial charge in [-0.2, -0.15) is 5.10 Å². The molecule has 0 saturated heterocycles. The molecule has 4 aromatic rings. The van der Waals surface area contributed by atoms with Crippen molar-refractivity contribution in [2.24, 2.45) is 5.10 Å². The molecule has 10 heteroatoms.